The largest absolute Gasteiger partial charge is 0.496 e. The van der Waals surface area contributed by atoms with Crippen LogP contribution in [0.15, 0.2) is 18.2 Å². The summed E-state index contributed by atoms with van der Waals surface area (Å²) in [6.45, 7) is 2.68. The van der Waals surface area contributed by atoms with E-state index in [1.165, 1.54) is 11.3 Å². The van der Waals surface area contributed by atoms with E-state index in [2.05, 4.69) is 10.2 Å². The molecular weight excluding hydrogens is 342 g/mol. The van der Waals surface area contributed by atoms with Crippen LogP contribution >= 0.6 is 11.6 Å². The molecule has 0 radical (unpaired) electrons. The van der Waals surface area contributed by atoms with Gasteiger partial charge in [-0.1, -0.05) is 11.6 Å². The van der Waals surface area contributed by atoms with Crippen LogP contribution in [0.2, 0.25) is 5.02 Å². The molecule has 2 aliphatic rings. The number of fused-ring (bicyclic) bond motifs is 1. The second kappa shape index (κ2) is 6.69. The molecule has 1 aromatic carbocycles. The third-order valence-corrected chi connectivity index (χ3v) is 5.22. The number of aromatic amines is 1. The van der Waals surface area contributed by atoms with E-state index >= 15 is 0 Å². The summed E-state index contributed by atoms with van der Waals surface area (Å²) in [6, 6.07) is 5.12. The fourth-order valence-electron chi connectivity index (χ4n) is 3.66. The Morgan fingerprint density at radius 2 is 2.36 bits per heavy atom. The highest BCUT2D eigenvalue weighted by Crippen LogP contribution is 2.33. The lowest BCUT2D eigenvalue weighted by Gasteiger charge is -2.19. The van der Waals surface area contributed by atoms with Crippen LogP contribution in [0.5, 0.6) is 5.75 Å². The fraction of sp³-hybridized carbons (Fsp3) is 0.444. The molecule has 0 saturated carbocycles. The number of carbonyl (C=O) groups is 1. The van der Waals surface area contributed by atoms with Gasteiger partial charge in [0.15, 0.2) is 0 Å². The molecule has 1 unspecified atom stereocenters. The van der Waals surface area contributed by atoms with Crippen molar-refractivity contribution in [1.82, 2.24) is 15.1 Å². The van der Waals surface area contributed by atoms with Gasteiger partial charge >= 0.3 is 0 Å². The SMILES string of the molecule is COc1ccc(Cl)cc1C(=O)N1CCC(c2n[nH]c3c2COCC3)C1. The van der Waals surface area contributed by atoms with Gasteiger partial charge in [0.1, 0.15) is 5.75 Å². The highest BCUT2D eigenvalue weighted by molar-refractivity contribution is 6.31. The molecule has 2 aliphatic heterocycles. The number of nitrogens with one attached hydrogen (secondary N) is 1. The Bertz CT molecular complexity index is 805. The number of likely N-dealkylation sites (tertiary alicyclic amines) is 1. The predicted molar refractivity (Wildman–Crippen MR) is 93.2 cm³/mol. The smallest absolute Gasteiger partial charge is 0.257 e. The summed E-state index contributed by atoms with van der Waals surface area (Å²) in [5.74, 6) is 0.724. The van der Waals surface area contributed by atoms with Crippen molar-refractivity contribution >= 4 is 17.5 Å². The summed E-state index contributed by atoms with van der Waals surface area (Å²) in [5, 5.41) is 8.17. The summed E-state index contributed by atoms with van der Waals surface area (Å²) in [5.41, 5.74) is 3.89. The molecular formula is C18H20ClN3O3. The van der Waals surface area contributed by atoms with Gasteiger partial charge in [-0.25, -0.2) is 0 Å². The number of benzene rings is 1. The molecule has 132 valence electrons. The topological polar surface area (TPSA) is 67.5 Å². The van der Waals surface area contributed by atoms with Crippen LogP contribution in [-0.2, 0) is 17.8 Å². The molecule has 6 nitrogen and oxygen atoms in total. The lowest BCUT2D eigenvalue weighted by molar-refractivity contribution is 0.0787. The van der Waals surface area contributed by atoms with Crippen molar-refractivity contribution in [1.29, 1.82) is 0 Å². The van der Waals surface area contributed by atoms with Crippen molar-refractivity contribution in [2.45, 2.75) is 25.4 Å². The molecule has 1 aromatic heterocycles. The Kier molecular flexibility index (Phi) is 4.39. The number of nitrogens with zero attached hydrogens (tertiary/aromatic N) is 2. The number of ether oxygens (including phenoxy) is 2. The Morgan fingerprint density at radius 1 is 1.48 bits per heavy atom. The zero-order valence-corrected chi connectivity index (χ0v) is 14.8. The van der Waals surface area contributed by atoms with Crippen LogP contribution in [0.3, 0.4) is 0 Å². The molecule has 2 aromatic rings. The quantitative estimate of drug-likeness (QED) is 0.912. The zero-order valence-electron chi connectivity index (χ0n) is 14.0. The average molecular weight is 362 g/mol. The van der Waals surface area contributed by atoms with Gasteiger partial charge in [-0.3, -0.25) is 9.89 Å². The molecule has 0 bridgehead atoms. The van der Waals surface area contributed by atoms with Crippen LogP contribution < -0.4 is 4.74 Å². The average Bonchev–Trinajstić information content (AvgIpc) is 3.27. The highest BCUT2D eigenvalue weighted by atomic mass is 35.5. The van der Waals surface area contributed by atoms with E-state index in [1.54, 1.807) is 25.3 Å². The number of halogens is 1. The maximum absolute atomic E-state index is 12.9. The Labute approximate surface area is 151 Å². The van der Waals surface area contributed by atoms with E-state index in [-0.39, 0.29) is 11.8 Å². The number of methoxy groups -OCH3 is 1. The third kappa shape index (κ3) is 3.00. The molecule has 0 aliphatic carbocycles. The lowest BCUT2D eigenvalue weighted by atomic mass is 9.98. The van der Waals surface area contributed by atoms with Crippen LogP contribution in [-0.4, -0.2) is 47.8 Å². The van der Waals surface area contributed by atoms with E-state index in [0.717, 1.165) is 25.1 Å². The highest BCUT2D eigenvalue weighted by Gasteiger charge is 2.33. The fourth-order valence-corrected chi connectivity index (χ4v) is 3.83. The normalized spacial score (nSPS) is 19.8. The molecule has 1 fully saturated rings. The van der Waals surface area contributed by atoms with Gasteiger partial charge in [-0.2, -0.15) is 5.10 Å². The second-order valence-electron chi connectivity index (χ2n) is 6.45. The van der Waals surface area contributed by atoms with Crippen molar-refractivity contribution in [2.24, 2.45) is 0 Å². The molecule has 1 atom stereocenters. The number of amides is 1. The second-order valence-corrected chi connectivity index (χ2v) is 6.89. The number of rotatable bonds is 3. The lowest BCUT2D eigenvalue weighted by Crippen LogP contribution is -2.29. The molecule has 3 heterocycles. The van der Waals surface area contributed by atoms with Crippen LogP contribution in [0.4, 0.5) is 0 Å². The minimum Gasteiger partial charge on any atom is -0.496 e. The van der Waals surface area contributed by atoms with Crippen molar-refractivity contribution in [2.75, 3.05) is 26.8 Å². The maximum Gasteiger partial charge on any atom is 0.257 e. The van der Waals surface area contributed by atoms with Crippen molar-refractivity contribution < 1.29 is 14.3 Å². The summed E-state index contributed by atoms with van der Waals surface area (Å²) in [4.78, 5) is 14.8. The number of hydrogen-bond acceptors (Lipinski definition) is 4. The van der Waals surface area contributed by atoms with Gasteiger partial charge in [-0.05, 0) is 24.6 Å². The van der Waals surface area contributed by atoms with Gasteiger partial charge in [0.2, 0.25) is 0 Å². The summed E-state index contributed by atoms with van der Waals surface area (Å²) < 4.78 is 10.9. The molecule has 25 heavy (non-hydrogen) atoms. The van der Waals surface area contributed by atoms with E-state index in [9.17, 15) is 4.79 Å². The van der Waals surface area contributed by atoms with Crippen LogP contribution in [0, 0.1) is 0 Å². The first kappa shape index (κ1) is 16.4. The van der Waals surface area contributed by atoms with E-state index < -0.39 is 0 Å². The molecule has 0 spiro atoms. The Hall–Kier alpha value is -2.05. The summed E-state index contributed by atoms with van der Waals surface area (Å²) >= 11 is 6.06. The van der Waals surface area contributed by atoms with Gasteiger partial charge in [0.25, 0.3) is 5.91 Å². The first-order valence-electron chi connectivity index (χ1n) is 8.44. The maximum atomic E-state index is 12.9. The zero-order chi connectivity index (χ0) is 17.4. The van der Waals surface area contributed by atoms with E-state index in [4.69, 9.17) is 21.1 Å². The first-order valence-corrected chi connectivity index (χ1v) is 8.81. The van der Waals surface area contributed by atoms with Gasteiger partial charge in [0.05, 0.1) is 31.6 Å². The number of carbonyl (C=O) groups excluding carboxylic acids is 1. The van der Waals surface area contributed by atoms with Crippen LogP contribution in [0.1, 0.15) is 39.6 Å². The van der Waals surface area contributed by atoms with Gasteiger partial charge in [0, 0.05) is 41.7 Å². The molecule has 1 saturated heterocycles. The van der Waals surface area contributed by atoms with Crippen molar-refractivity contribution in [3.05, 3.63) is 45.7 Å². The Morgan fingerprint density at radius 3 is 3.20 bits per heavy atom. The molecule has 7 heteroatoms. The number of H-pyrrole nitrogens is 1. The molecule has 1 amide bonds. The number of hydrogen-bond donors (Lipinski definition) is 1. The summed E-state index contributed by atoms with van der Waals surface area (Å²) in [7, 11) is 1.56. The van der Waals surface area contributed by atoms with Crippen LogP contribution in [0.25, 0.3) is 0 Å². The summed E-state index contributed by atoms with van der Waals surface area (Å²) in [6.07, 6.45) is 1.77. The van der Waals surface area contributed by atoms with E-state index in [1.807, 2.05) is 4.90 Å². The third-order valence-electron chi connectivity index (χ3n) is 4.98. The van der Waals surface area contributed by atoms with Gasteiger partial charge in [-0.15, -0.1) is 0 Å². The van der Waals surface area contributed by atoms with Crippen molar-refractivity contribution in [3.8, 4) is 5.75 Å². The number of aromatic nitrogens is 2. The minimum absolute atomic E-state index is 0.0532. The molecule has 1 N–H and O–H groups in total. The first-order chi connectivity index (χ1) is 12.2. The van der Waals surface area contributed by atoms with Gasteiger partial charge < -0.3 is 14.4 Å². The standard InChI is InChI=1S/C18H20ClN3O3/c1-24-16-3-2-12(19)8-13(16)18(23)22-6-4-11(9-22)17-14-10-25-7-5-15(14)20-21-17/h2-3,8,11H,4-7,9-10H2,1H3,(H,20,21). The molecule has 4 rings (SSSR count). The van der Waals surface area contributed by atoms with E-state index in [0.29, 0.717) is 36.0 Å². The Balaban J connectivity index is 1.54. The van der Waals surface area contributed by atoms with Crippen molar-refractivity contribution in [3.63, 3.8) is 0 Å². The monoisotopic (exact) mass is 361 g/mol. The predicted octanol–water partition coefficient (Wildman–Crippen LogP) is 2.77. The minimum atomic E-state index is -0.0532.